The second-order valence-corrected chi connectivity index (χ2v) is 4.82. The fourth-order valence-corrected chi connectivity index (χ4v) is 1.72. The number of benzene rings is 2. The van der Waals surface area contributed by atoms with E-state index in [-0.39, 0.29) is 0 Å². The van der Waals surface area contributed by atoms with Crippen molar-refractivity contribution in [2.24, 2.45) is 0 Å². The summed E-state index contributed by atoms with van der Waals surface area (Å²) in [6, 6.07) is 14.5. The first-order valence-electron chi connectivity index (χ1n) is 5.75. The largest absolute Gasteiger partial charge is 0.0841 e. The average molecular weight is 247 g/mol. The van der Waals surface area contributed by atoms with Crippen LogP contribution in [0.1, 0.15) is 22.3 Å². The molecule has 0 atom stereocenters. The predicted molar refractivity (Wildman–Crippen MR) is 76.8 cm³/mol. The van der Waals surface area contributed by atoms with E-state index < -0.39 is 0 Å². The van der Waals surface area contributed by atoms with E-state index in [1.807, 2.05) is 19.1 Å². The summed E-state index contributed by atoms with van der Waals surface area (Å²) in [5, 5.41) is 0.848. The lowest BCUT2D eigenvalue weighted by atomic mass is 10.2. The van der Waals surface area contributed by atoms with Crippen LogP contribution in [-0.2, 0) is 0 Å². The molecular weight excluding hydrogens is 228 g/mol. The number of hydrogen-bond acceptors (Lipinski definition) is 0. The molecule has 1 heteroatoms. The van der Waals surface area contributed by atoms with E-state index >= 15 is 0 Å². The molecule has 2 aromatic rings. The standard InChI is InChI=1S/C8H9Cl.C8H10/c1-6-3-4-8(9)7(2)5-6;1-7-4-3-5-8(2)6-7/h3-5H,1-2H3;3-6H,1-2H3. The van der Waals surface area contributed by atoms with Gasteiger partial charge < -0.3 is 0 Å². The molecule has 0 bridgehead atoms. The summed E-state index contributed by atoms with van der Waals surface area (Å²) < 4.78 is 0. The highest BCUT2D eigenvalue weighted by atomic mass is 35.5. The molecule has 0 nitrogen and oxygen atoms in total. The van der Waals surface area contributed by atoms with Gasteiger partial charge in [-0.15, -0.1) is 0 Å². The Morgan fingerprint density at radius 3 is 1.59 bits per heavy atom. The number of halogens is 1. The van der Waals surface area contributed by atoms with Crippen molar-refractivity contribution < 1.29 is 0 Å². The summed E-state index contributed by atoms with van der Waals surface area (Å²) in [6.07, 6.45) is 0. The van der Waals surface area contributed by atoms with E-state index in [0.29, 0.717) is 0 Å². The molecule has 0 aliphatic carbocycles. The van der Waals surface area contributed by atoms with Crippen molar-refractivity contribution in [2.75, 3.05) is 0 Å². The molecule has 0 N–H and O–H groups in total. The third kappa shape index (κ3) is 5.06. The van der Waals surface area contributed by atoms with Gasteiger partial charge in [-0.3, -0.25) is 0 Å². The second-order valence-electron chi connectivity index (χ2n) is 4.41. The Labute approximate surface area is 109 Å². The van der Waals surface area contributed by atoms with Gasteiger partial charge in [-0.25, -0.2) is 0 Å². The smallest absolute Gasteiger partial charge is 0.0435 e. The minimum atomic E-state index is 0.848. The van der Waals surface area contributed by atoms with Gasteiger partial charge in [0.2, 0.25) is 0 Å². The Hall–Kier alpha value is -1.27. The maximum absolute atomic E-state index is 5.78. The molecule has 0 aliphatic rings. The third-order valence-corrected chi connectivity index (χ3v) is 2.91. The maximum atomic E-state index is 5.78. The quantitative estimate of drug-likeness (QED) is 0.595. The van der Waals surface area contributed by atoms with Crippen molar-refractivity contribution >= 4 is 11.6 Å². The van der Waals surface area contributed by atoms with Crippen molar-refractivity contribution in [1.82, 2.24) is 0 Å². The first-order valence-corrected chi connectivity index (χ1v) is 6.13. The lowest BCUT2D eigenvalue weighted by Gasteiger charge is -1.96. The molecule has 0 unspecified atom stereocenters. The van der Waals surface area contributed by atoms with Crippen LogP contribution in [0, 0.1) is 27.7 Å². The summed E-state index contributed by atoms with van der Waals surface area (Å²) in [7, 11) is 0. The van der Waals surface area contributed by atoms with Crippen molar-refractivity contribution in [1.29, 1.82) is 0 Å². The molecule has 0 heterocycles. The Bertz CT molecular complexity index is 469. The second kappa shape index (κ2) is 6.46. The summed E-state index contributed by atoms with van der Waals surface area (Å²) >= 11 is 5.78. The molecule has 90 valence electrons. The number of aryl methyl sites for hydroxylation is 4. The first-order chi connectivity index (χ1) is 7.99. The van der Waals surface area contributed by atoms with Crippen LogP contribution < -0.4 is 0 Å². The van der Waals surface area contributed by atoms with Gasteiger partial charge >= 0.3 is 0 Å². The Morgan fingerprint density at radius 2 is 1.24 bits per heavy atom. The zero-order valence-corrected chi connectivity index (χ0v) is 11.7. The summed E-state index contributed by atoms with van der Waals surface area (Å²) in [4.78, 5) is 0. The van der Waals surface area contributed by atoms with Crippen molar-refractivity contribution in [3.05, 3.63) is 69.7 Å². The minimum absolute atomic E-state index is 0.848. The van der Waals surface area contributed by atoms with E-state index in [2.05, 4.69) is 51.1 Å². The monoisotopic (exact) mass is 246 g/mol. The fraction of sp³-hybridized carbons (Fsp3) is 0.250. The lowest BCUT2D eigenvalue weighted by molar-refractivity contribution is 1.39. The van der Waals surface area contributed by atoms with Crippen molar-refractivity contribution in [3.8, 4) is 0 Å². The van der Waals surface area contributed by atoms with Gasteiger partial charge in [0.25, 0.3) is 0 Å². The molecule has 2 aromatic carbocycles. The van der Waals surface area contributed by atoms with Gasteiger partial charge in [0, 0.05) is 5.02 Å². The van der Waals surface area contributed by atoms with Crippen LogP contribution in [0.15, 0.2) is 42.5 Å². The molecule has 0 radical (unpaired) electrons. The van der Waals surface area contributed by atoms with Crippen molar-refractivity contribution in [2.45, 2.75) is 27.7 Å². The number of hydrogen-bond donors (Lipinski definition) is 0. The lowest BCUT2D eigenvalue weighted by Crippen LogP contribution is -1.75. The Morgan fingerprint density at radius 1 is 0.706 bits per heavy atom. The van der Waals surface area contributed by atoms with E-state index in [9.17, 15) is 0 Å². The third-order valence-electron chi connectivity index (χ3n) is 2.49. The highest BCUT2D eigenvalue weighted by molar-refractivity contribution is 6.31. The summed E-state index contributed by atoms with van der Waals surface area (Å²) in [6.45, 7) is 8.28. The van der Waals surface area contributed by atoms with E-state index in [0.717, 1.165) is 10.6 Å². The van der Waals surface area contributed by atoms with Crippen molar-refractivity contribution in [3.63, 3.8) is 0 Å². The SMILES string of the molecule is Cc1ccc(Cl)c(C)c1.Cc1cccc(C)c1. The average Bonchev–Trinajstić information content (AvgIpc) is 2.24. The zero-order chi connectivity index (χ0) is 12.8. The van der Waals surface area contributed by atoms with Gasteiger partial charge in [0.05, 0.1) is 0 Å². The molecule has 0 saturated heterocycles. The normalized spacial score (nSPS) is 9.47. The number of rotatable bonds is 0. The van der Waals surface area contributed by atoms with Gasteiger partial charge in [-0.05, 0) is 39.3 Å². The molecule has 0 aliphatic heterocycles. The van der Waals surface area contributed by atoms with Crippen LogP contribution >= 0.6 is 11.6 Å². The Balaban J connectivity index is 0.000000171. The molecule has 0 saturated carbocycles. The van der Waals surface area contributed by atoms with Gasteiger partial charge in [-0.2, -0.15) is 0 Å². The molecule has 0 aromatic heterocycles. The Kier molecular flexibility index (Phi) is 5.24. The van der Waals surface area contributed by atoms with Gasteiger partial charge in [0.15, 0.2) is 0 Å². The minimum Gasteiger partial charge on any atom is -0.0841 e. The summed E-state index contributed by atoms with van der Waals surface area (Å²) in [5.41, 5.74) is 5.09. The van der Waals surface area contributed by atoms with Crippen LogP contribution in [0.2, 0.25) is 5.02 Å². The van der Waals surface area contributed by atoms with Crippen LogP contribution in [0.3, 0.4) is 0 Å². The predicted octanol–water partition coefficient (Wildman–Crippen LogP) is 5.26. The molecule has 2 rings (SSSR count). The molecule has 0 amide bonds. The molecule has 17 heavy (non-hydrogen) atoms. The van der Waals surface area contributed by atoms with Crippen LogP contribution in [0.25, 0.3) is 0 Å². The zero-order valence-electron chi connectivity index (χ0n) is 10.9. The van der Waals surface area contributed by atoms with Gasteiger partial charge in [0.1, 0.15) is 0 Å². The maximum Gasteiger partial charge on any atom is 0.0435 e. The molecule has 0 fully saturated rings. The topological polar surface area (TPSA) is 0 Å². The molecule has 0 spiro atoms. The fourth-order valence-electron chi connectivity index (χ4n) is 1.60. The van der Waals surface area contributed by atoms with Crippen LogP contribution in [0.4, 0.5) is 0 Å². The van der Waals surface area contributed by atoms with E-state index in [1.165, 1.54) is 16.7 Å². The van der Waals surface area contributed by atoms with Crippen LogP contribution in [-0.4, -0.2) is 0 Å². The highest BCUT2D eigenvalue weighted by Crippen LogP contribution is 2.14. The first kappa shape index (κ1) is 13.8. The molecular formula is C16H19Cl. The van der Waals surface area contributed by atoms with E-state index in [1.54, 1.807) is 0 Å². The summed E-state index contributed by atoms with van der Waals surface area (Å²) in [5.74, 6) is 0. The highest BCUT2D eigenvalue weighted by Gasteiger charge is 1.91. The van der Waals surface area contributed by atoms with E-state index in [4.69, 9.17) is 11.6 Å². The van der Waals surface area contributed by atoms with Gasteiger partial charge in [-0.1, -0.05) is 64.7 Å². The van der Waals surface area contributed by atoms with Crippen LogP contribution in [0.5, 0.6) is 0 Å².